The third kappa shape index (κ3) is 4.68. The first-order chi connectivity index (χ1) is 13.5. The highest BCUT2D eigenvalue weighted by Crippen LogP contribution is 2.30. The van der Waals surface area contributed by atoms with Crippen molar-refractivity contribution in [1.82, 2.24) is 10.6 Å². The number of ether oxygens (including phenoxy) is 1. The SMILES string of the molecule is CC1=C(C(=O)OC2CCCCCCC2)C(c2ccc([N+](=O)[O-])cc2)NC(=O)N1. The van der Waals surface area contributed by atoms with Crippen LogP contribution in [0.5, 0.6) is 0 Å². The van der Waals surface area contributed by atoms with E-state index in [1.54, 1.807) is 19.1 Å². The first-order valence-corrected chi connectivity index (χ1v) is 9.69. The molecule has 1 fully saturated rings. The number of amides is 2. The van der Waals surface area contributed by atoms with Crippen LogP contribution in [0.3, 0.4) is 0 Å². The van der Waals surface area contributed by atoms with E-state index in [-0.39, 0.29) is 11.8 Å². The molecule has 0 bridgehead atoms. The Morgan fingerprint density at radius 3 is 2.32 bits per heavy atom. The molecule has 2 aliphatic rings. The van der Waals surface area contributed by atoms with Gasteiger partial charge in [0.15, 0.2) is 0 Å². The molecule has 0 aromatic heterocycles. The number of nitro groups is 1. The van der Waals surface area contributed by atoms with Gasteiger partial charge in [-0.05, 0) is 50.3 Å². The minimum Gasteiger partial charge on any atom is -0.459 e. The Morgan fingerprint density at radius 1 is 1.11 bits per heavy atom. The van der Waals surface area contributed by atoms with Gasteiger partial charge in [-0.1, -0.05) is 19.3 Å². The van der Waals surface area contributed by atoms with E-state index in [0.29, 0.717) is 16.8 Å². The second-order valence-corrected chi connectivity index (χ2v) is 7.29. The maximum Gasteiger partial charge on any atom is 0.338 e. The lowest BCUT2D eigenvalue weighted by Gasteiger charge is -2.29. The average molecular weight is 387 g/mol. The van der Waals surface area contributed by atoms with Gasteiger partial charge in [0.25, 0.3) is 5.69 Å². The number of urea groups is 1. The summed E-state index contributed by atoms with van der Waals surface area (Å²) in [7, 11) is 0. The predicted octanol–water partition coefficient (Wildman–Crippen LogP) is 3.88. The third-order valence-corrected chi connectivity index (χ3v) is 5.25. The summed E-state index contributed by atoms with van der Waals surface area (Å²) in [5.74, 6) is -0.459. The second-order valence-electron chi connectivity index (χ2n) is 7.29. The van der Waals surface area contributed by atoms with Crippen LogP contribution in [0.1, 0.15) is 63.5 Å². The molecule has 1 saturated carbocycles. The van der Waals surface area contributed by atoms with E-state index in [0.717, 1.165) is 38.5 Å². The van der Waals surface area contributed by atoms with E-state index in [1.165, 1.54) is 18.6 Å². The maximum atomic E-state index is 13.0. The van der Waals surface area contributed by atoms with Crippen LogP contribution in [0.15, 0.2) is 35.5 Å². The van der Waals surface area contributed by atoms with Gasteiger partial charge < -0.3 is 15.4 Å². The molecular formula is C20H25N3O5. The Labute approximate surface area is 163 Å². The van der Waals surface area contributed by atoms with Gasteiger partial charge in [0.1, 0.15) is 6.10 Å². The number of hydrogen-bond donors (Lipinski definition) is 2. The van der Waals surface area contributed by atoms with Crippen LogP contribution >= 0.6 is 0 Å². The molecule has 8 heteroatoms. The van der Waals surface area contributed by atoms with E-state index in [9.17, 15) is 19.7 Å². The summed E-state index contributed by atoms with van der Waals surface area (Å²) < 4.78 is 5.79. The van der Waals surface area contributed by atoms with Crippen molar-refractivity contribution in [3.63, 3.8) is 0 Å². The standard InChI is InChI=1S/C20H25N3O5/c1-13-17(19(24)28-16-7-5-3-2-4-6-8-16)18(22-20(25)21-13)14-9-11-15(12-10-14)23(26)27/h9-12,16,18H,2-8H2,1H3,(H2,21,22,25). The number of nitrogens with one attached hydrogen (secondary N) is 2. The molecule has 28 heavy (non-hydrogen) atoms. The molecule has 2 N–H and O–H groups in total. The molecule has 0 spiro atoms. The summed E-state index contributed by atoms with van der Waals surface area (Å²) in [5.41, 5.74) is 1.30. The van der Waals surface area contributed by atoms with Crippen LogP contribution < -0.4 is 10.6 Å². The highest BCUT2D eigenvalue weighted by atomic mass is 16.6. The maximum absolute atomic E-state index is 13.0. The molecule has 150 valence electrons. The largest absolute Gasteiger partial charge is 0.459 e. The molecule has 1 aliphatic heterocycles. The highest BCUT2D eigenvalue weighted by molar-refractivity contribution is 5.95. The fraction of sp³-hybridized carbons (Fsp3) is 0.500. The smallest absolute Gasteiger partial charge is 0.338 e. The van der Waals surface area contributed by atoms with Gasteiger partial charge in [0, 0.05) is 17.8 Å². The monoisotopic (exact) mass is 387 g/mol. The molecule has 1 aromatic rings. The van der Waals surface area contributed by atoms with Crippen LogP contribution in [0, 0.1) is 10.1 Å². The molecule has 1 aromatic carbocycles. The second kappa shape index (κ2) is 8.86. The van der Waals surface area contributed by atoms with E-state index in [4.69, 9.17) is 4.74 Å². The van der Waals surface area contributed by atoms with Crippen LogP contribution in [0.4, 0.5) is 10.5 Å². The van der Waals surface area contributed by atoms with Gasteiger partial charge in [-0.15, -0.1) is 0 Å². The van der Waals surface area contributed by atoms with Crippen molar-refractivity contribution in [2.75, 3.05) is 0 Å². The molecule has 2 amide bonds. The van der Waals surface area contributed by atoms with Crippen LogP contribution in [0.25, 0.3) is 0 Å². The molecular weight excluding hydrogens is 362 g/mol. The van der Waals surface area contributed by atoms with E-state index in [1.807, 2.05) is 0 Å². The first kappa shape index (κ1) is 19.9. The first-order valence-electron chi connectivity index (χ1n) is 9.69. The number of rotatable bonds is 4. The minimum atomic E-state index is -0.712. The molecule has 3 rings (SSSR count). The number of carbonyl (C=O) groups excluding carboxylic acids is 2. The van der Waals surface area contributed by atoms with Gasteiger partial charge in [-0.25, -0.2) is 9.59 Å². The summed E-state index contributed by atoms with van der Waals surface area (Å²) in [6, 6.07) is 4.67. The Bertz CT molecular complexity index is 780. The summed E-state index contributed by atoms with van der Waals surface area (Å²) >= 11 is 0. The van der Waals surface area contributed by atoms with E-state index >= 15 is 0 Å². The fourth-order valence-corrected chi connectivity index (χ4v) is 3.75. The number of hydrogen-bond acceptors (Lipinski definition) is 5. The molecule has 0 saturated heterocycles. The lowest BCUT2D eigenvalue weighted by atomic mass is 9.95. The Morgan fingerprint density at radius 2 is 1.71 bits per heavy atom. The minimum absolute atomic E-state index is 0.0524. The normalized spacial score (nSPS) is 21.2. The number of benzene rings is 1. The van der Waals surface area contributed by atoms with Gasteiger partial charge in [0.05, 0.1) is 16.5 Å². The van der Waals surface area contributed by atoms with Crippen molar-refractivity contribution in [3.8, 4) is 0 Å². The van der Waals surface area contributed by atoms with E-state index in [2.05, 4.69) is 10.6 Å². The van der Waals surface area contributed by atoms with Gasteiger partial charge in [-0.2, -0.15) is 0 Å². The summed E-state index contributed by atoms with van der Waals surface area (Å²) in [4.78, 5) is 35.3. The van der Waals surface area contributed by atoms with E-state index < -0.39 is 23.0 Å². The molecule has 1 unspecified atom stereocenters. The number of nitrogens with zero attached hydrogens (tertiary/aromatic N) is 1. The number of non-ortho nitro benzene ring substituents is 1. The molecule has 0 radical (unpaired) electrons. The zero-order valence-corrected chi connectivity index (χ0v) is 15.9. The molecule has 1 atom stereocenters. The Kier molecular flexibility index (Phi) is 6.28. The molecule has 1 heterocycles. The topological polar surface area (TPSA) is 111 Å². The quantitative estimate of drug-likeness (QED) is 0.463. The average Bonchev–Trinajstić information content (AvgIpc) is 2.63. The van der Waals surface area contributed by atoms with Crippen LogP contribution in [-0.2, 0) is 9.53 Å². The van der Waals surface area contributed by atoms with Gasteiger partial charge in [0.2, 0.25) is 0 Å². The highest BCUT2D eigenvalue weighted by Gasteiger charge is 2.33. The van der Waals surface area contributed by atoms with Gasteiger partial charge >= 0.3 is 12.0 Å². The predicted molar refractivity (Wildman–Crippen MR) is 102 cm³/mol. The number of carbonyl (C=O) groups is 2. The lowest BCUT2D eigenvalue weighted by molar-refractivity contribution is -0.384. The van der Waals surface area contributed by atoms with Crippen molar-refractivity contribution in [2.45, 2.75) is 64.0 Å². The fourth-order valence-electron chi connectivity index (χ4n) is 3.75. The Balaban J connectivity index is 1.82. The summed E-state index contributed by atoms with van der Waals surface area (Å²) in [6.07, 6.45) is 7.18. The van der Waals surface area contributed by atoms with Crippen molar-refractivity contribution >= 4 is 17.7 Å². The third-order valence-electron chi connectivity index (χ3n) is 5.25. The summed E-state index contributed by atoms with van der Waals surface area (Å²) in [6.45, 7) is 1.66. The lowest BCUT2D eigenvalue weighted by Crippen LogP contribution is -2.45. The van der Waals surface area contributed by atoms with Crippen molar-refractivity contribution in [3.05, 3.63) is 51.2 Å². The molecule has 8 nitrogen and oxygen atoms in total. The summed E-state index contributed by atoms with van der Waals surface area (Å²) in [5, 5.41) is 16.2. The van der Waals surface area contributed by atoms with Gasteiger partial charge in [-0.3, -0.25) is 10.1 Å². The zero-order chi connectivity index (χ0) is 20.1. The molecule has 1 aliphatic carbocycles. The number of nitro benzene ring substituents is 1. The number of allylic oxidation sites excluding steroid dienone is 1. The van der Waals surface area contributed by atoms with Crippen molar-refractivity contribution in [1.29, 1.82) is 0 Å². The Hall–Kier alpha value is -2.90. The van der Waals surface area contributed by atoms with Crippen molar-refractivity contribution < 1.29 is 19.2 Å². The van der Waals surface area contributed by atoms with Crippen LogP contribution in [0.2, 0.25) is 0 Å². The number of esters is 1. The van der Waals surface area contributed by atoms with Crippen LogP contribution in [-0.4, -0.2) is 23.0 Å². The zero-order valence-electron chi connectivity index (χ0n) is 15.9. The van der Waals surface area contributed by atoms with Crippen molar-refractivity contribution in [2.24, 2.45) is 0 Å².